The lowest BCUT2D eigenvalue weighted by molar-refractivity contribution is 0.466. The summed E-state index contributed by atoms with van der Waals surface area (Å²) in [5.41, 5.74) is 8.71. The molecule has 2 heteroatoms. The van der Waals surface area contributed by atoms with Crippen molar-refractivity contribution in [2.24, 2.45) is 11.7 Å². The molecule has 1 aliphatic rings. The van der Waals surface area contributed by atoms with Gasteiger partial charge >= 0.3 is 0 Å². The number of hydrogen-bond donors (Lipinski definition) is 1. The number of nitrogens with zero attached hydrogens (tertiary/aromatic N) is 1. The van der Waals surface area contributed by atoms with E-state index in [0.29, 0.717) is 0 Å². The highest BCUT2D eigenvalue weighted by atomic mass is 15.0. The largest absolute Gasteiger partial charge is 0.347 e. The van der Waals surface area contributed by atoms with Gasteiger partial charge in [0.2, 0.25) is 0 Å². The highest BCUT2D eigenvalue weighted by Gasteiger charge is 2.16. The molecule has 2 N–H and O–H groups in total. The fourth-order valence-electron chi connectivity index (χ4n) is 3.44. The molecule has 0 aliphatic heterocycles. The lowest BCUT2D eigenvalue weighted by Crippen LogP contribution is -2.17. The van der Waals surface area contributed by atoms with E-state index in [9.17, 15) is 0 Å². The molecule has 3 rings (SSSR count). The Labute approximate surface area is 115 Å². The van der Waals surface area contributed by atoms with E-state index in [4.69, 9.17) is 5.73 Å². The summed E-state index contributed by atoms with van der Waals surface area (Å²) in [6.07, 6.45) is 8.86. The third-order valence-electron chi connectivity index (χ3n) is 4.38. The average molecular weight is 256 g/mol. The fraction of sp³-hybridized carbons (Fsp3) is 0.529. The van der Waals surface area contributed by atoms with E-state index in [-0.39, 0.29) is 6.04 Å². The monoisotopic (exact) mass is 256 g/mol. The molecule has 0 amide bonds. The van der Waals surface area contributed by atoms with Crippen molar-refractivity contribution in [1.29, 1.82) is 0 Å². The third kappa shape index (κ3) is 2.69. The van der Waals surface area contributed by atoms with E-state index >= 15 is 0 Å². The summed E-state index contributed by atoms with van der Waals surface area (Å²) >= 11 is 0. The van der Waals surface area contributed by atoms with Crippen molar-refractivity contribution in [2.45, 2.75) is 51.6 Å². The minimum atomic E-state index is 0.226. The standard InChI is InChI=1S/C17H24N2/c1-13(18)11-15-7-4-8-17-16(15)9-10-19(17)12-14-5-2-3-6-14/h4,7-10,13-14H,2-3,5-6,11-12,18H2,1H3. The molecule has 1 aliphatic carbocycles. The highest BCUT2D eigenvalue weighted by Crippen LogP contribution is 2.28. The van der Waals surface area contributed by atoms with Crippen LogP contribution in [0, 0.1) is 5.92 Å². The number of rotatable bonds is 4. The molecule has 0 spiro atoms. The maximum atomic E-state index is 5.95. The van der Waals surface area contributed by atoms with Crippen LogP contribution in [0.1, 0.15) is 38.2 Å². The van der Waals surface area contributed by atoms with E-state index < -0.39 is 0 Å². The molecule has 1 fully saturated rings. The Bertz CT molecular complexity index is 547. The van der Waals surface area contributed by atoms with E-state index in [0.717, 1.165) is 12.3 Å². The molecule has 0 saturated heterocycles. The summed E-state index contributed by atoms with van der Waals surface area (Å²) in [7, 11) is 0. The van der Waals surface area contributed by atoms with Gasteiger partial charge in [-0.25, -0.2) is 0 Å². The molecule has 0 bridgehead atoms. The Kier molecular flexibility index (Phi) is 3.61. The summed E-state index contributed by atoms with van der Waals surface area (Å²) < 4.78 is 2.44. The maximum Gasteiger partial charge on any atom is 0.0483 e. The van der Waals surface area contributed by atoms with Crippen LogP contribution in [-0.4, -0.2) is 10.6 Å². The van der Waals surface area contributed by atoms with Gasteiger partial charge < -0.3 is 10.3 Å². The number of hydrogen-bond acceptors (Lipinski definition) is 1. The Morgan fingerprint density at radius 3 is 2.79 bits per heavy atom. The normalized spacial score (nSPS) is 18.2. The molecule has 19 heavy (non-hydrogen) atoms. The first-order valence-corrected chi connectivity index (χ1v) is 7.56. The van der Waals surface area contributed by atoms with Crippen LogP contribution in [0.3, 0.4) is 0 Å². The van der Waals surface area contributed by atoms with Gasteiger partial charge in [0.05, 0.1) is 0 Å². The van der Waals surface area contributed by atoms with E-state index in [2.05, 4.69) is 42.0 Å². The highest BCUT2D eigenvalue weighted by molar-refractivity contribution is 5.83. The van der Waals surface area contributed by atoms with Gasteiger partial charge in [-0.1, -0.05) is 25.0 Å². The van der Waals surface area contributed by atoms with E-state index in [1.807, 2.05) is 0 Å². The summed E-state index contributed by atoms with van der Waals surface area (Å²) in [6, 6.07) is 9.12. The van der Waals surface area contributed by atoms with Crippen molar-refractivity contribution in [3.05, 3.63) is 36.0 Å². The predicted octanol–water partition coefficient (Wildman–Crippen LogP) is 3.72. The quantitative estimate of drug-likeness (QED) is 0.888. The van der Waals surface area contributed by atoms with Gasteiger partial charge in [-0.15, -0.1) is 0 Å². The smallest absolute Gasteiger partial charge is 0.0483 e. The second-order valence-electron chi connectivity index (χ2n) is 6.15. The second-order valence-corrected chi connectivity index (χ2v) is 6.15. The third-order valence-corrected chi connectivity index (χ3v) is 4.38. The van der Waals surface area contributed by atoms with Crippen LogP contribution >= 0.6 is 0 Å². The fourth-order valence-corrected chi connectivity index (χ4v) is 3.44. The summed E-state index contributed by atoms with van der Waals surface area (Å²) in [5, 5.41) is 1.39. The first-order valence-electron chi connectivity index (χ1n) is 7.56. The Morgan fingerprint density at radius 2 is 2.05 bits per heavy atom. The van der Waals surface area contributed by atoms with Gasteiger partial charge in [0, 0.05) is 29.7 Å². The van der Waals surface area contributed by atoms with Gasteiger partial charge in [0.1, 0.15) is 0 Å². The SMILES string of the molecule is CC(N)Cc1cccc2c1ccn2CC1CCCC1. The van der Waals surface area contributed by atoms with E-state index in [1.54, 1.807) is 0 Å². The molecule has 1 saturated carbocycles. The van der Waals surface area contributed by atoms with Crippen molar-refractivity contribution < 1.29 is 0 Å². The Balaban J connectivity index is 1.89. The first-order chi connectivity index (χ1) is 9.24. The predicted molar refractivity (Wildman–Crippen MR) is 81.2 cm³/mol. The van der Waals surface area contributed by atoms with Crippen molar-refractivity contribution in [1.82, 2.24) is 4.57 Å². The zero-order chi connectivity index (χ0) is 13.2. The summed E-state index contributed by atoms with van der Waals surface area (Å²) in [4.78, 5) is 0. The molecule has 2 aromatic rings. The van der Waals surface area contributed by atoms with Gasteiger partial charge in [0.15, 0.2) is 0 Å². The van der Waals surface area contributed by atoms with Gasteiger partial charge in [0.25, 0.3) is 0 Å². The molecule has 102 valence electrons. The molecule has 0 radical (unpaired) electrons. The van der Waals surface area contributed by atoms with Crippen molar-refractivity contribution in [3.63, 3.8) is 0 Å². The lowest BCUT2D eigenvalue weighted by atomic mass is 10.0. The first kappa shape index (κ1) is 12.7. The van der Waals surface area contributed by atoms with Gasteiger partial charge in [-0.2, -0.15) is 0 Å². The average Bonchev–Trinajstić information content (AvgIpc) is 3.00. The molecule has 1 aromatic carbocycles. The number of fused-ring (bicyclic) bond motifs is 1. The minimum absolute atomic E-state index is 0.226. The van der Waals surface area contributed by atoms with Crippen LogP contribution in [0.5, 0.6) is 0 Å². The minimum Gasteiger partial charge on any atom is -0.347 e. The van der Waals surface area contributed by atoms with Crippen molar-refractivity contribution in [2.75, 3.05) is 0 Å². The van der Waals surface area contributed by atoms with Crippen LogP contribution in [-0.2, 0) is 13.0 Å². The molecule has 2 nitrogen and oxygen atoms in total. The van der Waals surface area contributed by atoms with E-state index in [1.165, 1.54) is 48.7 Å². The lowest BCUT2D eigenvalue weighted by Gasteiger charge is -2.12. The van der Waals surface area contributed by atoms with Gasteiger partial charge in [-0.05, 0) is 49.8 Å². The van der Waals surface area contributed by atoms with Crippen LogP contribution in [0.4, 0.5) is 0 Å². The molecule has 1 atom stereocenters. The molecule has 1 aromatic heterocycles. The van der Waals surface area contributed by atoms with Gasteiger partial charge in [-0.3, -0.25) is 0 Å². The maximum absolute atomic E-state index is 5.95. The van der Waals surface area contributed by atoms with Crippen LogP contribution < -0.4 is 5.73 Å². The Hall–Kier alpha value is -1.28. The molecule has 1 heterocycles. The molecule has 1 unspecified atom stereocenters. The molecular formula is C17H24N2. The van der Waals surface area contributed by atoms with Crippen LogP contribution in [0.2, 0.25) is 0 Å². The van der Waals surface area contributed by atoms with Crippen LogP contribution in [0.15, 0.2) is 30.5 Å². The van der Waals surface area contributed by atoms with Crippen molar-refractivity contribution in [3.8, 4) is 0 Å². The number of nitrogens with two attached hydrogens (primary N) is 1. The molecular weight excluding hydrogens is 232 g/mol. The zero-order valence-electron chi connectivity index (χ0n) is 11.8. The second kappa shape index (κ2) is 5.38. The topological polar surface area (TPSA) is 30.9 Å². The summed E-state index contributed by atoms with van der Waals surface area (Å²) in [5.74, 6) is 0.882. The van der Waals surface area contributed by atoms with Crippen LogP contribution in [0.25, 0.3) is 10.9 Å². The van der Waals surface area contributed by atoms with Crippen molar-refractivity contribution >= 4 is 10.9 Å². The Morgan fingerprint density at radius 1 is 1.26 bits per heavy atom. The zero-order valence-corrected chi connectivity index (χ0v) is 11.8. The summed E-state index contributed by atoms with van der Waals surface area (Å²) in [6.45, 7) is 3.26. The number of aromatic nitrogens is 1. The number of benzene rings is 1.